The number of anilines is 1. The Balaban J connectivity index is 1.97. The van der Waals surface area contributed by atoms with Crippen molar-refractivity contribution in [3.63, 3.8) is 0 Å². The maximum atomic E-state index is 12.2. The van der Waals surface area contributed by atoms with Gasteiger partial charge < -0.3 is 20.7 Å². The molecule has 1 atom stereocenters. The van der Waals surface area contributed by atoms with E-state index < -0.39 is 15.9 Å². The van der Waals surface area contributed by atoms with Gasteiger partial charge in [-0.2, -0.15) is 0 Å². The first-order chi connectivity index (χ1) is 13.3. The summed E-state index contributed by atoms with van der Waals surface area (Å²) in [5, 5.41) is 8.49. The Morgan fingerprint density at radius 2 is 1.71 bits per heavy atom. The molecule has 0 fully saturated rings. The fourth-order valence-electron chi connectivity index (χ4n) is 2.10. The maximum Gasteiger partial charge on any atom is 0.245 e. The number of amides is 1. The summed E-state index contributed by atoms with van der Waals surface area (Å²) in [6.45, 7) is 0. The molecule has 0 aromatic heterocycles. The van der Waals surface area contributed by atoms with Crippen LogP contribution >= 0.6 is 47.0 Å². The molecule has 0 aliphatic carbocycles. The minimum atomic E-state index is -1.83. The second kappa shape index (κ2) is 10.5. The molecule has 2 rings (SSSR count). The van der Waals surface area contributed by atoms with Crippen LogP contribution < -0.4 is 20.7 Å². The first-order valence-electron chi connectivity index (χ1n) is 8.10. The Morgan fingerprint density at radius 3 is 2.29 bits per heavy atom. The van der Waals surface area contributed by atoms with Crippen LogP contribution in [0.4, 0.5) is 5.69 Å². The van der Waals surface area contributed by atoms with Crippen LogP contribution in [0, 0.1) is 0 Å². The van der Waals surface area contributed by atoms with E-state index in [1.54, 1.807) is 37.5 Å². The number of carbonyl (C=O) groups is 1. The molecule has 3 N–H and O–H groups in total. The molecule has 0 saturated heterocycles. The van der Waals surface area contributed by atoms with Gasteiger partial charge in [0.25, 0.3) is 0 Å². The van der Waals surface area contributed by atoms with Gasteiger partial charge >= 0.3 is 0 Å². The Labute approximate surface area is 184 Å². The Hall–Kier alpha value is -1.99. The van der Waals surface area contributed by atoms with Gasteiger partial charge in [0, 0.05) is 11.8 Å². The number of carbonyl (C=O) groups excluding carboxylic acids is 1. The molecule has 2 aromatic carbocycles. The lowest BCUT2D eigenvalue weighted by atomic mass is 10.2. The van der Waals surface area contributed by atoms with Gasteiger partial charge in [-0.15, -0.1) is 0 Å². The Kier molecular flexibility index (Phi) is 8.38. The molecule has 0 spiro atoms. The second-order valence-electron chi connectivity index (χ2n) is 5.55. The predicted octanol–water partition coefficient (Wildman–Crippen LogP) is 4.51. The van der Waals surface area contributed by atoms with Crippen LogP contribution in [0.25, 0.3) is 6.08 Å². The summed E-state index contributed by atoms with van der Waals surface area (Å²) in [4.78, 5) is 12.2. The molecule has 28 heavy (non-hydrogen) atoms. The Morgan fingerprint density at radius 1 is 1.07 bits per heavy atom. The summed E-state index contributed by atoms with van der Waals surface area (Å²) in [6.07, 6.45) is 1.95. The van der Waals surface area contributed by atoms with Crippen LogP contribution in [0.2, 0.25) is 0 Å². The minimum Gasteiger partial charge on any atom is -0.497 e. The van der Waals surface area contributed by atoms with Crippen molar-refractivity contribution >= 4 is 69.8 Å². The van der Waals surface area contributed by atoms with Crippen LogP contribution in [0.1, 0.15) is 5.56 Å². The monoisotopic (exact) mass is 457 g/mol. The zero-order chi connectivity index (χ0) is 20.6. The predicted molar refractivity (Wildman–Crippen MR) is 120 cm³/mol. The number of halogens is 3. The third-order valence-corrected chi connectivity index (χ3v) is 4.34. The van der Waals surface area contributed by atoms with Gasteiger partial charge in [-0.25, -0.2) is 0 Å². The minimum absolute atomic E-state index is 0.175. The fraction of sp³-hybridized carbons (Fsp3) is 0.158. The number of rotatable bonds is 6. The third-order valence-electron chi connectivity index (χ3n) is 3.46. The van der Waals surface area contributed by atoms with Crippen molar-refractivity contribution in [1.82, 2.24) is 10.6 Å². The molecule has 148 valence electrons. The molecule has 0 unspecified atom stereocenters. The van der Waals surface area contributed by atoms with Gasteiger partial charge in [-0.3, -0.25) is 4.79 Å². The van der Waals surface area contributed by atoms with E-state index in [2.05, 4.69) is 16.0 Å². The molecular weight excluding hydrogens is 441 g/mol. The largest absolute Gasteiger partial charge is 0.497 e. The number of thiocarbonyl (C=S) groups is 1. The normalized spacial score (nSPS) is 12.3. The molecule has 0 bridgehead atoms. The highest BCUT2D eigenvalue weighted by Gasteiger charge is 2.34. The molecule has 9 heteroatoms. The van der Waals surface area contributed by atoms with Crippen molar-refractivity contribution in [2.24, 2.45) is 0 Å². The molecule has 0 saturated carbocycles. The van der Waals surface area contributed by atoms with Crippen LogP contribution in [0.3, 0.4) is 0 Å². The molecule has 0 heterocycles. The molecule has 5 nitrogen and oxygen atoms in total. The van der Waals surface area contributed by atoms with Gasteiger partial charge in [0.2, 0.25) is 9.70 Å². The first-order valence-corrected chi connectivity index (χ1v) is 9.64. The summed E-state index contributed by atoms with van der Waals surface area (Å²) in [7, 11) is 1.58. The van der Waals surface area contributed by atoms with Crippen LogP contribution in [0.15, 0.2) is 60.7 Å². The van der Waals surface area contributed by atoms with Crippen molar-refractivity contribution in [1.29, 1.82) is 0 Å². The highest BCUT2D eigenvalue weighted by atomic mass is 35.6. The van der Waals surface area contributed by atoms with E-state index in [0.717, 1.165) is 5.56 Å². The van der Waals surface area contributed by atoms with Gasteiger partial charge in [-0.05, 0) is 48.1 Å². The lowest BCUT2D eigenvalue weighted by Crippen LogP contribution is -2.55. The summed E-state index contributed by atoms with van der Waals surface area (Å²) in [5.41, 5.74) is 1.57. The van der Waals surface area contributed by atoms with Crippen molar-refractivity contribution in [3.8, 4) is 5.75 Å². The zero-order valence-corrected chi connectivity index (χ0v) is 17.9. The SMILES string of the molecule is COc1ccc(NC(=S)N[C@H](NC(=O)/C=C/c2ccccc2)C(Cl)(Cl)Cl)cc1. The zero-order valence-electron chi connectivity index (χ0n) is 14.8. The van der Waals surface area contributed by atoms with E-state index in [9.17, 15) is 4.79 Å². The van der Waals surface area contributed by atoms with E-state index in [-0.39, 0.29) is 5.11 Å². The number of methoxy groups -OCH3 is 1. The standard InChI is InChI=1S/C19H18Cl3N3O2S/c1-27-15-10-8-14(9-11-15)23-18(28)25-17(19(20,21)22)24-16(26)12-7-13-5-3-2-4-6-13/h2-12,17H,1H3,(H,24,26)(H2,23,25,28)/b12-7+/t17-/m0/s1. The highest BCUT2D eigenvalue weighted by molar-refractivity contribution is 7.80. The third kappa shape index (κ3) is 7.56. The number of hydrogen-bond acceptors (Lipinski definition) is 3. The van der Waals surface area contributed by atoms with Crippen molar-refractivity contribution in [2.45, 2.75) is 9.96 Å². The average Bonchev–Trinajstić information content (AvgIpc) is 2.66. The lowest BCUT2D eigenvalue weighted by molar-refractivity contribution is -0.117. The number of benzene rings is 2. The lowest BCUT2D eigenvalue weighted by Gasteiger charge is -2.27. The summed E-state index contributed by atoms with van der Waals surface area (Å²) in [5.74, 6) is 0.265. The highest BCUT2D eigenvalue weighted by Crippen LogP contribution is 2.29. The van der Waals surface area contributed by atoms with Crippen LogP contribution in [-0.2, 0) is 4.79 Å². The number of nitrogens with one attached hydrogen (secondary N) is 3. The molecular formula is C19H18Cl3N3O2S. The smallest absolute Gasteiger partial charge is 0.245 e. The van der Waals surface area contributed by atoms with Gasteiger partial charge in [0.05, 0.1) is 7.11 Å². The number of alkyl halides is 3. The molecule has 0 radical (unpaired) electrons. The molecule has 2 aromatic rings. The van der Waals surface area contributed by atoms with Gasteiger partial charge in [0.1, 0.15) is 11.9 Å². The summed E-state index contributed by atoms with van der Waals surface area (Å²) >= 11 is 23.2. The van der Waals surface area contributed by atoms with E-state index in [1.807, 2.05) is 30.3 Å². The van der Waals surface area contributed by atoms with E-state index in [1.165, 1.54) is 6.08 Å². The van der Waals surface area contributed by atoms with E-state index in [4.69, 9.17) is 51.8 Å². The summed E-state index contributed by atoms with van der Waals surface area (Å²) in [6, 6.07) is 16.4. The topological polar surface area (TPSA) is 62.4 Å². The van der Waals surface area contributed by atoms with Crippen LogP contribution in [0.5, 0.6) is 5.75 Å². The first kappa shape index (κ1) is 22.3. The molecule has 0 aliphatic rings. The summed E-state index contributed by atoms with van der Waals surface area (Å²) < 4.78 is 3.27. The second-order valence-corrected chi connectivity index (χ2v) is 8.33. The van der Waals surface area contributed by atoms with Gasteiger partial charge in [0.15, 0.2) is 5.11 Å². The number of ether oxygens (including phenoxy) is 1. The van der Waals surface area contributed by atoms with Crippen molar-refractivity contribution < 1.29 is 9.53 Å². The van der Waals surface area contributed by atoms with Crippen LogP contribution in [-0.4, -0.2) is 28.1 Å². The van der Waals surface area contributed by atoms with Crippen molar-refractivity contribution in [2.75, 3.05) is 12.4 Å². The molecule has 1 amide bonds. The fourth-order valence-corrected chi connectivity index (χ4v) is 2.66. The average molecular weight is 459 g/mol. The maximum absolute atomic E-state index is 12.2. The molecule has 0 aliphatic heterocycles. The van der Waals surface area contributed by atoms with E-state index in [0.29, 0.717) is 11.4 Å². The van der Waals surface area contributed by atoms with E-state index >= 15 is 0 Å². The quantitative estimate of drug-likeness (QED) is 0.257. The van der Waals surface area contributed by atoms with Gasteiger partial charge in [-0.1, -0.05) is 65.1 Å². The Bertz CT molecular complexity index is 825. The van der Waals surface area contributed by atoms with Crippen molar-refractivity contribution in [3.05, 3.63) is 66.2 Å². The number of hydrogen-bond donors (Lipinski definition) is 3.